The van der Waals surface area contributed by atoms with Crippen LogP contribution in [0.4, 0.5) is 11.4 Å². The number of rotatable bonds is 5. The lowest BCUT2D eigenvalue weighted by Gasteiger charge is -2.18. The van der Waals surface area contributed by atoms with E-state index in [4.69, 9.17) is 11.6 Å². The minimum absolute atomic E-state index is 0.00349. The Hall–Kier alpha value is -1.52. The molecule has 0 unspecified atom stereocenters. The Morgan fingerprint density at radius 2 is 2.15 bits per heavy atom. The molecule has 0 saturated heterocycles. The molecular weight excluding hydrogens is 292 g/mol. The van der Waals surface area contributed by atoms with Crippen molar-refractivity contribution in [3.05, 3.63) is 45.6 Å². The molecule has 0 atom stereocenters. The quantitative estimate of drug-likeness (QED) is 0.904. The van der Waals surface area contributed by atoms with Gasteiger partial charge in [-0.15, -0.1) is 11.3 Å². The van der Waals surface area contributed by atoms with Crippen molar-refractivity contribution < 1.29 is 4.79 Å². The lowest BCUT2D eigenvalue weighted by molar-refractivity contribution is -0.116. The van der Waals surface area contributed by atoms with Crippen molar-refractivity contribution in [2.45, 2.75) is 12.8 Å². The fraction of sp³-hybridized carbons (Fsp3) is 0.267. The highest BCUT2D eigenvalue weighted by molar-refractivity contribution is 7.09. The number of halogens is 1. The minimum atomic E-state index is 0.00349. The number of hydrogen-bond donors (Lipinski definition) is 1. The van der Waals surface area contributed by atoms with Gasteiger partial charge >= 0.3 is 0 Å². The molecule has 1 N–H and O–H groups in total. The number of benzene rings is 1. The predicted molar refractivity (Wildman–Crippen MR) is 87.0 cm³/mol. The topological polar surface area (TPSA) is 32.3 Å². The van der Waals surface area contributed by atoms with Gasteiger partial charge in [-0.3, -0.25) is 4.79 Å². The first kappa shape index (κ1) is 14.9. The maximum absolute atomic E-state index is 12.0. The first-order valence-corrected chi connectivity index (χ1v) is 7.61. The molecule has 1 amide bonds. The van der Waals surface area contributed by atoms with E-state index in [1.54, 1.807) is 17.4 Å². The highest BCUT2D eigenvalue weighted by Crippen LogP contribution is 2.28. The van der Waals surface area contributed by atoms with Crippen LogP contribution in [0.2, 0.25) is 5.02 Å². The van der Waals surface area contributed by atoms with Crippen molar-refractivity contribution in [3.63, 3.8) is 0 Å². The molecule has 5 heteroatoms. The van der Waals surface area contributed by atoms with E-state index in [1.165, 1.54) is 4.88 Å². The number of nitrogens with zero attached hydrogens (tertiary/aromatic N) is 1. The molecule has 0 saturated carbocycles. The summed E-state index contributed by atoms with van der Waals surface area (Å²) in [5, 5.41) is 5.57. The van der Waals surface area contributed by atoms with Gasteiger partial charge < -0.3 is 10.2 Å². The maximum atomic E-state index is 12.0. The molecule has 0 aliphatic rings. The summed E-state index contributed by atoms with van der Waals surface area (Å²) >= 11 is 7.67. The highest BCUT2D eigenvalue weighted by atomic mass is 35.5. The van der Waals surface area contributed by atoms with E-state index in [0.717, 1.165) is 17.8 Å². The van der Waals surface area contributed by atoms with Crippen LogP contribution in [0.1, 0.15) is 11.3 Å². The van der Waals surface area contributed by atoms with Gasteiger partial charge in [0.15, 0.2) is 0 Å². The molecular formula is C15H17ClN2OS. The lowest BCUT2D eigenvalue weighted by Crippen LogP contribution is -2.16. The summed E-state index contributed by atoms with van der Waals surface area (Å²) in [6, 6.07) is 9.54. The average Bonchev–Trinajstić information content (AvgIpc) is 2.89. The number of thiophene rings is 1. The molecule has 0 aliphatic heterocycles. The molecule has 3 nitrogen and oxygen atoms in total. The van der Waals surface area contributed by atoms with Crippen LogP contribution in [0.15, 0.2) is 35.7 Å². The molecule has 1 aromatic heterocycles. The molecule has 0 bridgehead atoms. The van der Waals surface area contributed by atoms with Crippen LogP contribution in [0.3, 0.4) is 0 Å². The molecule has 2 aromatic rings. The number of aryl methyl sites for hydroxylation is 1. The van der Waals surface area contributed by atoms with Crippen molar-refractivity contribution >= 4 is 40.2 Å². The van der Waals surface area contributed by atoms with E-state index in [0.29, 0.717) is 11.4 Å². The van der Waals surface area contributed by atoms with Crippen LogP contribution in [0.25, 0.3) is 0 Å². The fourth-order valence-electron chi connectivity index (χ4n) is 1.90. The normalized spacial score (nSPS) is 10.3. The van der Waals surface area contributed by atoms with Crippen LogP contribution < -0.4 is 10.2 Å². The summed E-state index contributed by atoms with van der Waals surface area (Å²) in [6.45, 7) is 0. The fourth-order valence-corrected chi connectivity index (χ4v) is 2.78. The molecule has 1 heterocycles. The van der Waals surface area contributed by atoms with E-state index in [-0.39, 0.29) is 5.91 Å². The number of carbonyl (C=O) groups excluding carboxylic acids is 1. The summed E-state index contributed by atoms with van der Waals surface area (Å²) in [4.78, 5) is 15.2. The number of hydrogen-bond acceptors (Lipinski definition) is 3. The summed E-state index contributed by atoms with van der Waals surface area (Å²) in [7, 11) is 3.87. The average molecular weight is 309 g/mol. The van der Waals surface area contributed by atoms with E-state index < -0.39 is 0 Å². The van der Waals surface area contributed by atoms with Crippen LogP contribution >= 0.6 is 22.9 Å². The SMILES string of the molecule is CN(C)c1ccc(Cl)cc1NC(=O)CCc1cccs1. The van der Waals surface area contributed by atoms with Crippen molar-refractivity contribution in [1.29, 1.82) is 0 Å². The van der Waals surface area contributed by atoms with Gasteiger partial charge in [0.1, 0.15) is 0 Å². The number of carbonyl (C=O) groups is 1. The van der Waals surface area contributed by atoms with Gasteiger partial charge in [0.05, 0.1) is 11.4 Å². The second kappa shape index (κ2) is 6.77. The number of amides is 1. The Bertz CT molecular complexity index is 582. The van der Waals surface area contributed by atoms with E-state index in [1.807, 2.05) is 48.6 Å². The Kier molecular flexibility index (Phi) is 5.04. The van der Waals surface area contributed by atoms with Crippen molar-refractivity contribution in [2.75, 3.05) is 24.3 Å². The first-order chi connectivity index (χ1) is 9.56. The van der Waals surface area contributed by atoms with Gasteiger partial charge in [0.25, 0.3) is 0 Å². The Morgan fingerprint density at radius 1 is 1.35 bits per heavy atom. The minimum Gasteiger partial charge on any atom is -0.376 e. The van der Waals surface area contributed by atoms with E-state index in [2.05, 4.69) is 5.32 Å². The third-order valence-electron chi connectivity index (χ3n) is 2.89. The van der Waals surface area contributed by atoms with Crippen LogP contribution in [0, 0.1) is 0 Å². The molecule has 0 aliphatic carbocycles. The first-order valence-electron chi connectivity index (χ1n) is 6.35. The Labute approximate surface area is 128 Å². The van der Waals surface area contributed by atoms with Crippen LogP contribution in [-0.4, -0.2) is 20.0 Å². The van der Waals surface area contributed by atoms with Crippen molar-refractivity contribution in [2.24, 2.45) is 0 Å². The standard InChI is InChI=1S/C15H17ClN2OS/c1-18(2)14-7-5-11(16)10-13(14)17-15(19)8-6-12-4-3-9-20-12/h3-5,7,9-10H,6,8H2,1-2H3,(H,17,19). The third kappa shape index (κ3) is 3.99. The zero-order valence-corrected chi connectivity index (χ0v) is 13.1. The second-order valence-corrected chi connectivity index (χ2v) is 6.15. The summed E-state index contributed by atoms with van der Waals surface area (Å²) in [5.41, 5.74) is 1.69. The Morgan fingerprint density at radius 3 is 2.80 bits per heavy atom. The molecule has 0 fully saturated rings. The summed E-state index contributed by atoms with van der Waals surface area (Å²) < 4.78 is 0. The number of nitrogens with one attached hydrogen (secondary N) is 1. The van der Waals surface area contributed by atoms with Gasteiger partial charge in [-0.05, 0) is 36.1 Å². The summed E-state index contributed by atoms with van der Waals surface area (Å²) in [5.74, 6) is 0.00349. The zero-order valence-electron chi connectivity index (χ0n) is 11.5. The molecule has 1 aromatic carbocycles. The van der Waals surface area contributed by atoms with Gasteiger partial charge in [0, 0.05) is 30.4 Å². The maximum Gasteiger partial charge on any atom is 0.224 e. The van der Waals surface area contributed by atoms with Crippen LogP contribution in [0.5, 0.6) is 0 Å². The van der Waals surface area contributed by atoms with Gasteiger partial charge in [-0.1, -0.05) is 17.7 Å². The lowest BCUT2D eigenvalue weighted by atomic mass is 10.2. The van der Waals surface area contributed by atoms with Gasteiger partial charge in [-0.2, -0.15) is 0 Å². The van der Waals surface area contributed by atoms with Gasteiger partial charge in [-0.25, -0.2) is 0 Å². The van der Waals surface area contributed by atoms with Crippen molar-refractivity contribution in [3.8, 4) is 0 Å². The van der Waals surface area contributed by atoms with Crippen molar-refractivity contribution in [1.82, 2.24) is 0 Å². The number of anilines is 2. The smallest absolute Gasteiger partial charge is 0.224 e. The predicted octanol–water partition coefficient (Wildman–Crippen LogP) is 4.04. The van der Waals surface area contributed by atoms with E-state index in [9.17, 15) is 4.79 Å². The third-order valence-corrected chi connectivity index (χ3v) is 4.06. The van der Waals surface area contributed by atoms with E-state index >= 15 is 0 Å². The Balaban J connectivity index is 2.01. The highest BCUT2D eigenvalue weighted by Gasteiger charge is 2.09. The monoisotopic (exact) mass is 308 g/mol. The second-order valence-electron chi connectivity index (χ2n) is 4.68. The molecule has 0 radical (unpaired) electrons. The van der Waals surface area contributed by atoms with Crippen LogP contribution in [-0.2, 0) is 11.2 Å². The largest absolute Gasteiger partial charge is 0.376 e. The molecule has 0 spiro atoms. The zero-order chi connectivity index (χ0) is 14.5. The molecule has 106 valence electrons. The van der Waals surface area contributed by atoms with Gasteiger partial charge in [0.2, 0.25) is 5.91 Å². The molecule has 20 heavy (non-hydrogen) atoms. The molecule has 2 rings (SSSR count). The summed E-state index contributed by atoms with van der Waals surface area (Å²) in [6.07, 6.45) is 1.24.